The summed E-state index contributed by atoms with van der Waals surface area (Å²) in [5.41, 5.74) is 0. The zero-order chi connectivity index (χ0) is 16.9. The fraction of sp³-hybridized carbons (Fsp3) is 1.00. The Morgan fingerprint density at radius 2 is 1.78 bits per heavy atom. The van der Waals surface area contributed by atoms with Gasteiger partial charge in [-0.2, -0.15) is 0 Å². The average molecular weight is 353 g/mol. The normalized spacial score (nSPS) is 23.0. The molecule has 0 aromatic heterocycles. The molecule has 2 aliphatic heterocycles. The van der Waals surface area contributed by atoms with E-state index < -0.39 is 16.4 Å². The van der Waals surface area contributed by atoms with Crippen molar-refractivity contribution in [1.82, 2.24) is 14.5 Å². The van der Waals surface area contributed by atoms with E-state index in [1.54, 1.807) is 6.92 Å². The summed E-state index contributed by atoms with van der Waals surface area (Å²) in [4.78, 5) is 1.91. The molecule has 0 unspecified atom stereocenters. The molecular weight excluding hydrogens is 324 g/mol. The first-order chi connectivity index (χ1) is 10.9. The number of sulfonamides is 1. The summed E-state index contributed by atoms with van der Waals surface area (Å²) in [5.74, 6) is 0.570. The Morgan fingerprint density at radius 3 is 2.30 bits per heavy atom. The number of piperidine rings is 2. The first-order valence-electron chi connectivity index (χ1n) is 8.63. The minimum atomic E-state index is -3.16. The summed E-state index contributed by atoms with van der Waals surface area (Å²) >= 11 is 0. The molecule has 0 aromatic carbocycles. The highest BCUT2D eigenvalue weighted by Crippen LogP contribution is 2.23. The lowest BCUT2D eigenvalue weighted by Gasteiger charge is -2.40. The molecule has 136 valence electrons. The summed E-state index contributed by atoms with van der Waals surface area (Å²) in [7, 11) is -3.16. The minimum absolute atomic E-state index is 0.0715. The maximum Gasteiger partial charge on any atom is 0.251 e. The highest BCUT2D eigenvalue weighted by Gasteiger charge is 2.31. The molecule has 0 bridgehead atoms. The van der Waals surface area contributed by atoms with Gasteiger partial charge in [0, 0.05) is 25.7 Å². The molecule has 0 aromatic rings. The van der Waals surface area contributed by atoms with Crippen LogP contribution in [-0.2, 0) is 10.0 Å². The number of nitrogens with zero attached hydrogens (tertiary/aromatic N) is 2. The number of halogens is 2. The molecule has 0 atom stereocenters. The van der Waals surface area contributed by atoms with E-state index in [-0.39, 0.29) is 18.3 Å². The van der Waals surface area contributed by atoms with E-state index in [1.165, 1.54) is 4.31 Å². The van der Waals surface area contributed by atoms with E-state index in [0.29, 0.717) is 38.4 Å². The van der Waals surface area contributed by atoms with Gasteiger partial charge in [0.2, 0.25) is 10.0 Å². The zero-order valence-electron chi connectivity index (χ0n) is 13.9. The molecule has 1 N–H and O–H groups in total. The van der Waals surface area contributed by atoms with E-state index in [2.05, 4.69) is 5.32 Å². The van der Waals surface area contributed by atoms with Crippen molar-refractivity contribution in [2.24, 2.45) is 5.92 Å². The second-order valence-corrected chi connectivity index (χ2v) is 8.83. The van der Waals surface area contributed by atoms with E-state index in [9.17, 15) is 17.2 Å². The quantitative estimate of drug-likeness (QED) is 0.751. The molecule has 2 saturated heterocycles. The van der Waals surface area contributed by atoms with Crippen LogP contribution in [0.1, 0.15) is 32.6 Å². The largest absolute Gasteiger partial charge is 0.317 e. The van der Waals surface area contributed by atoms with Crippen LogP contribution in [0.2, 0.25) is 0 Å². The monoisotopic (exact) mass is 353 g/mol. The smallest absolute Gasteiger partial charge is 0.251 e. The highest BCUT2D eigenvalue weighted by molar-refractivity contribution is 7.89. The summed E-state index contributed by atoms with van der Waals surface area (Å²) < 4.78 is 51.2. The fourth-order valence-electron chi connectivity index (χ4n) is 3.61. The second-order valence-electron chi connectivity index (χ2n) is 6.57. The predicted octanol–water partition coefficient (Wildman–Crippen LogP) is 1.37. The molecule has 2 rings (SSSR count). The molecule has 0 saturated carbocycles. The van der Waals surface area contributed by atoms with Crippen molar-refractivity contribution in [1.29, 1.82) is 0 Å². The predicted molar refractivity (Wildman–Crippen MR) is 87.2 cm³/mol. The molecule has 0 radical (unpaired) electrons. The van der Waals surface area contributed by atoms with Crippen molar-refractivity contribution in [3.63, 3.8) is 0 Å². The van der Waals surface area contributed by atoms with Gasteiger partial charge in [-0.25, -0.2) is 21.5 Å². The van der Waals surface area contributed by atoms with Gasteiger partial charge in [0.25, 0.3) is 6.43 Å². The molecule has 0 aliphatic carbocycles. The molecule has 8 heteroatoms. The lowest BCUT2D eigenvalue weighted by Crippen LogP contribution is -2.50. The number of hydrogen-bond donors (Lipinski definition) is 1. The molecule has 5 nitrogen and oxygen atoms in total. The van der Waals surface area contributed by atoms with Gasteiger partial charge in [-0.3, -0.25) is 4.90 Å². The zero-order valence-corrected chi connectivity index (χ0v) is 14.7. The van der Waals surface area contributed by atoms with Crippen LogP contribution in [0.4, 0.5) is 8.78 Å². The van der Waals surface area contributed by atoms with Gasteiger partial charge < -0.3 is 5.32 Å². The van der Waals surface area contributed by atoms with E-state index in [4.69, 9.17) is 0 Å². The van der Waals surface area contributed by atoms with E-state index in [0.717, 1.165) is 25.9 Å². The Kier molecular flexibility index (Phi) is 7.19. The lowest BCUT2D eigenvalue weighted by molar-refractivity contribution is 0.0376. The van der Waals surface area contributed by atoms with Crippen LogP contribution in [0.15, 0.2) is 0 Å². The Morgan fingerprint density at radius 1 is 1.17 bits per heavy atom. The van der Waals surface area contributed by atoms with Crippen molar-refractivity contribution < 1.29 is 17.2 Å². The van der Waals surface area contributed by atoms with Crippen molar-refractivity contribution >= 4 is 10.0 Å². The summed E-state index contributed by atoms with van der Waals surface area (Å²) in [6, 6.07) is 0.0715. The van der Waals surface area contributed by atoms with E-state index >= 15 is 0 Å². The maximum atomic E-state index is 13.0. The summed E-state index contributed by atoms with van der Waals surface area (Å²) in [6.45, 7) is 4.97. The van der Waals surface area contributed by atoms with Crippen molar-refractivity contribution in [2.45, 2.75) is 45.1 Å². The standard InChI is InChI=1S/C15H29F2N3O2S/c1-2-23(21,22)20-9-5-14(6-10-20)19(12-15(16)17)11-13-3-7-18-8-4-13/h13-15,18H,2-12H2,1H3. The SMILES string of the molecule is CCS(=O)(=O)N1CCC(N(CC(F)F)CC2CCNCC2)CC1. The molecule has 2 heterocycles. The number of hydrogen-bond acceptors (Lipinski definition) is 4. The molecule has 0 spiro atoms. The number of rotatable bonds is 7. The molecule has 23 heavy (non-hydrogen) atoms. The van der Waals surface area contributed by atoms with Crippen LogP contribution in [0.5, 0.6) is 0 Å². The second kappa shape index (κ2) is 8.69. The topological polar surface area (TPSA) is 52.7 Å². The molecular formula is C15H29F2N3O2S. The van der Waals surface area contributed by atoms with Gasteiger partial charge in [0.1, 0.15) is 0 Å². The Hall–Kier alpha value is -0.310. The van der Waals surface area contributed by atoms with Crippen LogP contribution in [0, 0.1) is 5.92 Å². The van der Waals surface area contributed by atoms with Crippen LogP contribution in [0.25, 0.3) is 0 Å². The Labute approximate surface area is 138 Å². The van der Waals surface area contributed by atoms with Crippen LogP contribution < -0.4 is 5.32 Å². The summed E-state index contributed by atoms with van der Waals surface area (Å²) in [6.07, 6.45) is 1.02. The van der Waals surface area contributed by atoms with Gasteiger partial charge in [-0.1, -0.05) is 0 Å². The first kappa shape index (κ1) is 19.0. The minimum Gasteiger partial charge on any atom is -0.317 e. The molecule has 2 aliphatic rings. The molecule has 0 amide bonds. The van der Waals surface area contributed by atoms with Gasteiger partial charge in [0.05, 0.1) is 12.3 Å². The third kappa shape index (κ3) is 5.62. The Bertz CT molecular complexity index is 448. The van der Waals surface area contributed by atoms with Gasteiger partial charge >= 0.3 is 0 Å². The van der Waals surface area contributed by atoms with Gasteiger partial charge in [-0.05, 0) is 51.6 Å². The average Bonchev–Trinajstić information content (AvgIpc) is 2.55. The molecule has 2 fully saturated rings. The maximum absolute atomic E-state index is 13.0. The highest BCUT2D eigenvalue weighted by atomic mass is 32.2. The third-order valence-electron chi connectivity index (χ3n) is 5.02. The number of nitrogens with one attached hydrogen (secondary N) is 1. The van der Waals surface area contributed by atoms with E-state index in [1.807, 2.05) is 4.90 Å². The summed E-state index contributed by atoms with van der Waals surface area (Å²) in [5, 5.41) is 3.30. The van der Waals surface area contributed by atoms with Crippen molar-refractivity contribution in [3.05, 3.63) is 0 Å². The Balaban J connectivity index is 1.92. The fourth-order valence-corrected chi connectivity index (χ4v) is 4.75. The van der Waals surface area contributed by atoms with Crippen LogP contribution in [0.3, 0.4) is 0 Å². The number of alkyl halides is 2. The van der Waals surface area contributed by atoms with Crippen molar-refractivity contribution in [2.75, 3.05) is 45.0 Å². The van der Waals surface area contributed by atoms with Gasteiger partial charge in [-0.15, -0.1) is 0 Å². The lowest BCUT2D eigenvalue weighted by atomic mass is 9.95. The van der Waals surface area contributed by atoms with Crippen LogP contribution >= 0.6 is 0 Å². The van der Waals surface area contributed by atoms with Gasteiger partial charge in [0.15, 0.2) is 0 Å². The van der Waals surface area contributed by atoms with Crippen molar-refractivity contribution in [3.8, 4) is 0 Å². The first-order valence-corrected chi connectivity index (χ1v) is 10.2. The van der Waals surface area contributed by atoms with Crippen LogP contribution in [-0.4, -0.2) is 75.1 Å². The third-order valence-corrected chi connectivity index (χ3v) is 6.90.